The maximum absolute atomic E-state index is 11.4. The van der Waals surface area contributed by atoms with Crippen LogP contribution in [-0.2, 0) is 9.53 Å². The summed E-state index contributed by atoms with van der Waals surface area (Å²) in [7, 11) is 1.51. The molecule has 0 saturated heterocycles. The number of carbonyl (C=O) groups is 1. The molecule has 106 valence electrons. The van der Waals surface area contributed by atoms with Gasteiger partial charge >= 0.3 is 5.69 Å². The minimum Gasteiger partial charge on any atom is -0.383 e. The van der Waals surface area contributed by atoms with Crippen LogP contribution in [0.25, 0.3) is 0 Å². The number of nitriles is 1. The van der Waals surface area contributed by atoms with E-state index in [1.54, 1.807) is 6.07 Å². The maximum Gasteiger partial charge on any atom is 0.328 e. The van der Waals surface area contributed by atoms with Crippen molar-refractivity contribution in [3.63, 3.8) is 0 Å². The number of methoxy groups -OCH3 is 1. The van der Waals surface area contributed by atoms with Gasteiger partial charge in [-0.15, -0.1) is 0 Å². The highest BCUT2D eigenvalue weighted by atomic mass is 16.6. The van der Waals surface area contributed by atoms with Gasteiger partial charge in [0, 0.05) is 19.9 Å². The molecule has 20 heavy (non-hydrogen) atoms. The van der Waals surface area contributed by atoms with Gasteiger partial charge < -0.3 is 15.4 Å². The lowest BCUT2D eigenvalue weighted by atomic mass is 10.2. The van der Waals surface area contributed by atoms with Gasteiger partial charge in [0.25, 0.3) is 0 Å². The normalized spacial score (nSPS) is 9.60. The van der Waals surface area contributed by atoms with Crippen LogP contribution >= 0.6 is 0 Å². The zero-order valence-electron chi connectivity index (χ0n) is 10.8. The van der Waals surface area contributed by atoms with Crippen molar-refractivity contribution in [3.05, 3.63) is 27.9 Å². The summed E-state index contributed by atoms with van der Waals surface area (Å²) in [6.45, 7) is 0.519. The fourth-order valence-electron chi connectivity index (χ4n) is 1.38. The molecule has 0 bridgehead atoms. The van der Waals surface area contributed by atoms with Crippen molar-refractivity contribution >= 4 is 17.4 Å². The van der Waals surface area contributed by atoms with Gasteiger partial charge in [0.05, 0.1) is 18.1 Å². The molecular weight excluding hydrogens is 266 g/mol. The van der Waals surface area contributed by atoms with E-state index in [1.165, 1.54) is 19.4 Å². The van der Waals surface area contributed by atoms with Gasteiger partial charge in [-0.2, -0.15) is 5.26 Å². The monoisotopic (exact) mass is 279 g/mol. The third-order valence-electron chi connectivity index (χ3n) is 2.27. The van der Waals surface area contributed by atoms with Crippen molar-refractivity contribution in [2.45, 2.75) is 0 Å². The Bertz CT molecular complexity index is 540. The predicted molar refractivity (Wildman–Crippen MR) is 69.0 cm³/mol. The SMILES string of the molecule is COCCNC(=O)CNc1nccc(C#N)c1[N+](=O)[O-]. The van der Waals surface area contributed by atoms with Gasteiger partial charge in [-0.05, 0) is 6.07 Å². The molecule has 0 saturated carbocycles. The summed E-state index contributed by atoms with van der Waals surface area (Å²) in [5.74, 6) is -0.476. The molecule has 0 aliphatic rings. The van der Waals surface area contributed by atoms with E-state index in [0.717, 1.165) is 0 Å². The second-order valence-electron chi connectivity index (χ2n) is 3.62. The molecule has 1 rings (SSSR count). The van der Waals surface area contributed by atoms with Crippen LogP contribution in [-0.4, -0.2) is 42.6 Å². The summed E-state index contributed by atoms with van der Waals surface area (Å²) < 4.78 is 4.76. The van der Waals surface area contributed by atoms with E-state index >= 15 is 0 Å². The van der Waals surface area contributed by atoms with E-state index < -0.39 is 10.6 Å². The van der Waals surface area contributed by atoms with Crippen LogP contribution in [0.15, 0.2) is 12.3 Å². The zero-order chi connectivity index (χ0) is 15.0. The largest absolute Gasteiger partial charge is 0.383 e. The van der Waals surface area contributed by atoms with E-state index in [9.17, 15) is 14.9 Å². The Balaban J connectivity index is 2.71. The number of nitrogens with one attached hydrogen (secondary N) is 2. The Hall–Kier alpha value is -2.73. The first-order valence-corrected chi connectivity index (χ1v) is 5.63. The maximum atomic E-state index is 11.4. The molecule has 9 nitrogen and oxygen atoms in total. The first kappa shape index (κ1) is 15.3. The van der Waals surface area contributed by atoms with Gasteiger partial charge in [-0.3, -0.25) is 14.9 Å². The van der Waals surface area contributed by atoms with E-state index in [-0.39, 0.29) is 23.8 Å². The number of hydrogen-bond donors (Lipinski definition) is 2. The second kappa shape index (κ2) is 7.65. The number of nitrogens with zero attached hydrogens (tertiary/aromatic N) is 3. The Morgan fingerprint density at radius 3 is 3.00 bits per heavy atom. The lowest BCUT2D eigenvalue weighted by molar-refractivity contribution is -0.384. The van der Waals surface area contributed by atoms with Crippen molar-refractivity contribution in [3.8, 4) is 6.07 Å². The molecule has 1 aromatic rings. The van der Waals surface area contributed by atoms with Crippen molar-refractivity contribution in [2.75, 3.05) is 32.1 Å². The highest BCUT2D eigenvalue weighted by Crippen LogP contribution is 2.25. The van der Waals surface area contributed by atoms with Gasteiger partial charge in [-0.1, -0.05) is 0 Å². The van der Waals surface area contributed by atoms with E-state index in [2.05, 4.69) is 15.6 Å². The van der Waals surface area contributed by atoms with Gasteiger partial charge in [-0.25, -0.2) is 4.98 Å². The zero-order valence-corrected chi connectivity index (χ0v) is 10.8. The van der Waals surface area contributed by atoms with Gasteiger partial charge in [0.15, 0.2) is 0 Å². The lowest BCUT2D eigenvalue weighted by Crippen LogP contribution is -2.32. The molecule has 0 atom stereocenters. The Labute approximate surface area is 114 Å². The quantitative estimate of drug-likeness (QED) is 0.409. The van der Waals surface area contributed by atoms with Crippen LogP contribution < -0.4 is 10.6 Å². The highest BCUT2D eigenvalue weighted by Gasteiger charge is 2.21. The highest BCUT2D eigenvalue weighted by molar-refractivity contribution is 5.81. The molecule has 1 amide bonds. The van der Waals surface area contributed by atoms with Gasteiger partial charge in [0.1, 0.15) is 11.6 Å². The van der Waals surface area contributed by atoms with Crippen LogP contribution in [0.2, 0.25) is 0 Å². The van der Waals surface area contributed by atoms with E-state index in [4.69, 9.17) is 10.00 Å². The number of carbonyl (C=O) groups excluding carboxylic acids is 1. The number of rotatable bonds is 7. The van der Waals surface area contributed by atoms with E-state index in [1.807, 2.05) is 0 Å². The fraction of sp³-hybridized carbons (Fsp3) is 0.364. The Morgan fingerprint density at radius 1 is 1.65 bits per heavy atom. The summed E-state index contributed by atoms with van der Waals surface area (Å²) in [6, 6.07) is 2.95. The third kappa shape index (κ3) is 4.18. The first-order chi connectivity index (χ1) is 9.60. The number of nitro groups is 1. The molecule has 1 heterocycles. The number of anilines is 1. The standard InChI is InChI=1S/C11H13N5O4/c1-20-5-4-13-9(17)7-15-11-10(16(18)19)8(6-12)2-3-14-11/h2-3H,4-5,7H2,1H3,(H,13,17)(H,14,15). The summed E-state index contributed by atoms with van der Waals surface area (Å²) in [4.78, 5) is 25.4. The first-order valence-electron chi connectivity index (χ1n) is 5.63. The Kier molecular flexibility index (Phi) is 5.86. The van der Waals surface area contributed by atoms with Crippen LogP contribution in [0, 0.1) is 21.4 Å². The lowest BCUT2D eigenvalue weighted by Gasteiger charge is -2.07. The van der Waals surface area contributed by atoms with Crippen LogP contribution in [0.4, 0.5) is 11.5 Å². The van der Waals surface area contributed by atoms with Crippen molar-refractivity contribution in [2.24, 2.45) is 0 Å². The van der Waals surface area contributed by atoms with Crippen LogP contribution in [0.3, 0.4) is 0 Å². The molecule has 0 fully saturated rings. The fourth-order valence-corrected chi connectivity index (χ4v) is 1.38. The van der Waals surface area contributed by atoms with Crippen molar-refractivity contribution < 1.29 is 14.5 Å². The minimum absolute atomic E-state index is 0.115. The average Bonchev–Trinajstić information content (AvgIpc) is 2.44. The minimum atomic E-state index is -0.712. The predicted octanol–water partition coefficient (Wildman–Crippen LogP) is 0.0360. The van der Waals surface area contributed by atoms with Crippen LogP contribution in [0.1, 0.15) is 5.56 Å². The van der Waals surface area contributed by atoms with Gasteiger partial charge in [0.2, 0.25) is 11.7 Å². The molecule has 0 aromatic carbocycles. The average molecular weight is 279 g/mol. The van der Waals surface area contributed by atoms with E-state index in [0.29, 0.717) is 13.2 Å². The number of amides is 1. The molecule has 0 aliphatic heterocycles. The smallest absolute Gasteiger partial charge is 0.328 e. The molecule has 9 heteroatoms. The number of aromatic nitrogens is 1. The van der Waals surface area contributed by atoms with Crippen molar-refractivity contribution in [1.82, 2.24) is 10.3 Å². The molecule has 0 spiro atoms. The summed E-state index contributed by atoms with van der Waals surface area (Å²) in [6.07, 6.45) is 1.26. The van der Waals surface area contributed by atoms with Crippen molar-refractivity contribution in [1.29, 1.82) is 5.26 Å². The molecule has 2 N–H and O–H groups in total. The molecule has 0 radical (unpaired) electrons. The number of ether oxygens (including phenoxy) is 1. The molecule has 1 aromatic heterocycles. The Morgan fingerprint density at radius 2 is 2.40 bits per heavy atom. The number of hydrogen-bond acceptors (Lipinski definition) is 7. The third-order valence-corrected chi connectivity index (χ3v) is 2.27. The molecule has 0 unspecified atom stereocenters. The summed E-state index contributed by atoms with van der Waals surface area (Å²) in [5.41, 5.74) is -0.563. The number of pyridine rings is 1. The molecule has 0 aliphatic carbocycles. The summed E-state index contributed by atoms with van der Waals surface area (Å²) in [5, 5.41) is 24.8. The second-order valence-corrected chi connectivity index (χ2v) is 3.62. The molecular formula is C11H13N5O4. The summed E-state index contributed by atoms with van der Waals surface area (Å²) >= 11 is 0. The van der Waals surface area contributed by atoms with Crippen LogP contribution in [0.5, 0.6) is 0 Å². The topological polar surface area (TPSA) is 130 Å².